The Morgan fingerprint density at radius 3 is 2.67 bits per heavy atom. The zero-order chi connectivity index (χ0) is 19.4. The molecule has 146 valence electrons. The van der Waals surface area contributed by atoms with E-state index in [1.807, 2.05) is 17.0 Å². The molecule has 0 saturated carbocycles. The van der Waals surface area contributed by atoms with Crippen LogP contribution in [0.25, 0.3) is 0 Å². The number of hydrogen-bond donors (Lipinski definition) is 2. The van der Waals surface area contributed by atoms with Crippen LogP contribution < -0.4 is 10.7 Å². The molecule has 1 fully saturated rings. The van der Waals surface area contributed by atoms with Crippen LogP contribution in [0.15, 0.2) is 36.1 Å². The lowest BCUT2D eigenvalue weighted by molar-refractivity contribution is -0.109. The molecule has 2 aliphatic heterocycles. The summed E-state index contributed by atoms with van der Waals surface area (Å²) in [7, 11) is -3.55. The maximum atomic E-state index is 12.8. The average Bonchev–Trinajstić information content (AvgIpc) is 3.10. The van der Waals surface area contributed by atoms with Crippen LogP contribution in [-0.2, 0) is 14.6 Å². The van der Waals surface area contributed by atoms with Gasteiger partial charge in [-0.25, -0.2) is 8.42 Å². The third kappa shape index (κ3) is 4.66. The van der Waals surface area contributed by atoms with Gasteiger partial charge in [0.2, 0.25) is 0 Å². The Balaban J connectivity index is 1.62. The monoisotopic (exact) mass is 411 g/mol. The fourth-order valence-corrected chi connectivity index (χ4v) is 5.18. The maximum Gasteiger partial charge on any atom is 0.177 e. The number of carbonyl (C=O) groups is 1. The van der Waals surface area contributed by atoms with Crippen molar-refractivity contribution in [3.63, 3.8) is 0 Å². The molecule has 3 heterocycles. The highest BCUT2D eigenvalue weighted by Crippen LogP contribution is 2.29. The highest BCUT2D eigenvalue weighted by Gasteiger charge is 2.34. The molecule has 0 aliphatic carbocycles. The molecule has 0 bridgehead atoms. The average molecular weight is 412 g/mol. The molecule has 2 N–H and O–H groups in total. The first-order chi connectivity index (χ1) is 12.9. The fourth-order valence-electron chi connectivity index (χ4n) is 3.41. The van der Waals surface area contributed by atoms with Gasteiger partial charge in [-0.15, -0.1) is 6.58 Å². The molecule has 1 aromatic heterocycles. The Kier molecular flexibility index (Phi) is 6.13. The standard InChI is InChI=1S/C17H22ClN5O3S/c1-2-17(27(25,26)11-16-20-15(10-24)21-22-16)23-7-5-12(6-8-23)14-4-3-13(18)9-19-14/h2-4,9-10,12,15,17,21H,1,5-8,11H2,(H,20,22). The molecular weight excluding hydrogens is 390 g/mol. The number of nitrogens with zero attached hydrogens (tertiary/aromatic N) is 3. The van der Waals surface area contributed by atoms with E-state index in [9.17, 15) is 13.2 Å². The number of hydrazone groups is 1. The van der Waals surface area contributed by atoms with Gasteiger partial charge >= 0.3 is 0 Å². The predicted octanol–water partition coefficient (Wildman–Crippen LogP) is 0.873. The van der Waals surface area contributed by atoms with Crippen molar-refractivity contribution >= 4 is 33.6 Å². The van der Waals surface area contributed by atoms with Gasteiger partial charge in [0.25, 0.3) is 0 Å². The molecule has 1 aromatic rings. The number of sulfone groups is 1. The Morgan fingerprint density at radius 2 is 2.11 bits per heavy atom. The van der Waals surface area contributed by atoms with E-state index < -0.39 is 21.4 Å². The molecule has 10 heteroatoms. The molecule has 2 unspecified atom stereocenters. The van der Waals surface area contributed by atoms with E-state index in [2.05, 4.69) is 27.4 Å². The van der Waals surface area contributed by atoms with E-state index in [-0.39, 0.29) is 17.5 Å². The molecule has 27 heavy (non-hydrogen) atoms. The van der Waals surface area contributed by atoms with Gasteiger partial charge in [-0.2, -0.15) is 5.10 Å². The van der Waals surface area contributed by atoms with Gasteiger partial charge in [-0.3, -0.25) is 20.1 Å². The largest absolute Gasteiger partial charge is 0.344 e. The lowest BCUT2D eigenvalue weighted by atomic mass is 9.93. The number of aromatic nitrogens is 1. The van der Waals surface area contributed by atoms with E-state index >= 15 is 0 Å². The Labute approximate surface area is 163 Å². The molecule has 0 spiro atoms. The lowest BCUT2D eigenvalue weighted by Gasteiger charge is -2.35. The molecule has 0 radical (unpaired) electrons. The second-order valence-corrected chi connectivity index (χ2v) is 9.12. The summed E-state index contributed by atoms with van der Waals surface area (Å²) in [4.78, 5) is 17.0. The maximum absolute atomic E-state index is 12.8. The van der Waals surface area contributed by atoms with Crippen molar-refractivity contribution in [1.82, 2.24) is 20.6 Å². The topological polar surface area (TPSA) is 104 Å². The normalized spacial score (nSPS) is 22.4. The number of rotatable bonds is 7. The minimum atomic E-state index is -3.55. The summed E-state index contributed by atoms with van der Waals surface area (Å²) in [6.07, 6.45) is 4.65. The van der Waals surface area contributed by atoms with Crippen molar-refractivity contribution in [3.05, 3.63) is 41.7 Å². The number of carbonyl (C=O) groups excluding carboxylic acids is 1. The van der Waals surface area contributed by atoms with E-state index in [1.165, 1.54) is 6.08 Å². The second-order valence-electron chi connectivity index (χ2n) is 6.59. The third-order valence-electron chi connectivity index (χ3n) is 4.76. The molecule has 8 nitrogen and oxygen atoms in total. The van der Waals surface area contributed by atoms with E-state index in [0.717, 1.165) is 18.5 Å². The first-order valence-corrected chi connectivity index (χ1v) is 10.8. The van der Waals surface area contributed by atoms with Crippen molar-refractivity contribution in [2.24, 2.45) is 5.10 Å². The van der Waals surface area contributed by atoms with Crippen LogP contribution in [0.4, 0.5) is 0 Å². The van der Waals surface area contributed by atoms with E-state index in [4.69, 9.17) is 11.6 Å². The second kappa shape index (κ2) is 8.37. The SMILES string of the molecule is C=CC(N1CCC(c2ccc(Cl)cn2)CC1)S(=O)(=O)CC1=NNC(C=O)N1. The zero-order valence-corrected chi connectivity index (χ0v) is 16.3. The van der Waals surface area contributed by atoms with Gasteiger partial charge in [0.1, 0.15) is 17.0 Å². The highest BCUT2D eigenvalue weighted by molar-refractivity contribution is 7.92. The van der Waals surface area contributed by atoms with Gasteiger partial charge in [-0.05, 0) is 25.0 Å². The smallest absolute Gasteiger partial charge is 0.177 e. The Hall–Kier alpha value is -1.97. The van der Waals surface area contributed by atoms with Crippen LogP contribution in [-0.4, -0.2) is 60.8 Å². The number of likely N-dealkylation sites (tertiary alicyclic amines) is 1. The molecule has 2 atom stereocenters. The predicted molar refractivity (Wildman–Crippen MR) is 104 cm³/mol. The van der Waals surface area contributed by atoms with Crippen molar-refractivity contribution in [2.45, 2.75) is 30.3 Å². The number of nitrogens with one attached hydrogen (secondary N) is 2. The van der Waals surface area contributed by atoms with Crippen molar-refractivity contribution in [3.8, 4) is 0 Å². The number of aldehydes is 1. The van der Waals surface area contributed by atoms with Gasteiger partial charge in [0.15, 0.2) is 22.3 Å². The van der Waals surface area contributed by atoms with Crippen LogP contribution in [0.3, 0.4) is 0 Å². The molecular formula is C17H22ClN5O3S. The van der Waals surface area contributed by atoms with Crippen LogP contribution in [0.1, 0.15) is 24.5 Å². The van der Waals surface area contributed by atoms with Gasteiger partial charge in [-0.1, -0.05) is 17.7 Å². The molecule has 3 rings (SSSR count). The summed E-state index contributed by atoms with van der Waals surface area (Å²) in [5.41, 5.74) is 3.51. The first-order valence-electron chi connectivity index (χ1n) is 8.66. The van der Waals surface area contributed by atoms with Gasteiger partial charge < -0.3 is 5.32 Å². The number of piperidine rings is 1. The summed E-state index contributed by atoms with van der Waals surface area (Å²) in [6.45, 7) is 4.97. The van der Waals surface area contributed by atoms with Crippen molar-refractivity contribution in [1.29, 1.82) is 0 Å². The number of pyridine rings is 1. The minimum Gasteiger partial charge on any atom is -0.344 e. The lowest BCUT2D eigenvalue weighted by Crippen LogP contribution is -2.47. The van der Waals surface area contributed by atoms with Gasteiger partial charge in [0, 0.05) is 30.9 Å². The van der Waals surface area contributed by atoms with Crippen molar-refractivity contribution in [2.75, 3.05) is 18.8 Å². The highest BCUT2D eigenvalue weighted by atomic mass is 35.5. The number of amidine groups is 1. The third-order valence-corrected chi connectivity index (χ3v) is 6.89. The first kappa shape index (κ1) is 19.8. The Morgan fingerprint density at radius 1 is 1.37 bits per heavy atom. The summed E-state index contributed by atoms with van der Waals surface area (Å²) < 4.78 is 25.6. The summed E-state index contributed by atoms with van der Waals surface area (Å²) in [5.74, 6) is 0.240. The molecule has 2 aliphatic rings. The molecule has 0 amide bonds. The Bertz CT molecular complexity index is 819. The van der Waals surface area contributed by atoms with E-state index in [1.54, 1.807) is 6.20 Å². The van der Waals surface area contributed by atoms with Crippen molar-refractivity contribution < 1.29 is 13.2 Å². The van der Waals surface area contributed by atoms with E-state index in [0.29, 0.717) is 24.4 Å². The number of hydrogen-bond acceptors (Lipinski definition) is 8. The molecule has 1 saturated heterocycles. The summed E-state index contributed by atoms with van der Waals surface area (Å²) in [6, 6.07) is 3.74. The number of halogens is 1. The minimum absolute atomic E-state index is 0.235. The molecule has 0 aromatic carbocycles. The van der Waals surface area contributed by atoms with Gasteiger partial charge in [0.05, 0.1) is 5.02 Å². The summed E-state index contributed by atoms with van der Waals surface area (Å²) >= 11 is 5.89. The summed E-state index contributed by atoms with van der Waals surface area (Å²) in [5, 5.41) is 6.40. The quantitative estimate of drug-likeness (QED) is 0.506. The van der Waals surface area contributed by atoms with Crippen LogP contribution in [0.2, 0.25) is 5.02 Å². The van der Waals surface area contributed by atoms with Crippen LogP contribution in [0, 0.1) is 0 Å². The van der Waals surface area contributed by atoms with Crippen LogP contribution in [0.5, 0.6) is 0 Å². The van der Waals surface area contributed by atoms with Crippen LogP contribution >= 0.6 is 11.6 Å². The zero-order valence-electron chi connectivity index (χ0n) is 14.7. The fraction of sp³-hybridized carbons (Fsp3) is 0.471.